The van der Waals surface area contributed by atoms with E-state index in [1.54, 1.807) is 43.3 Å². The first-order valence-corrected chi connectivity index (χ1v) is 8.64. The van der Waals surface area contributed by atoms with E-state index in [4.69, 9.17) is 9.15 Å². The van der Waals surface area contributed by atoms with Gasteiger partial charge in [-0.15, -0.1) is 16.4 Å². The maximum Gasteiger partial charge on any atom is 0.437 e. The number of ether oxygens (including phenoxy) is 1. The van der Waals surface area contributed by atoms with Crippen molar-refractivity contribution >= 4 is 28.9 Å². The molecule has 1 amide bonds. The van der Waals surface area contributed by atoms with Gasteiger partial charge in [0.05, 0.1) is 22.7 Å². The number of benzene rings is 1. The number of nitrogens with one attached hydrogen (secondary N) is 1. The van der Waals surface area contributed by atoms with Crippen LogP contribution >= 0.6 is 11.3 Å². The number of nitrogens with zero attached hydrogens (tertiary/aromatic N) is 2. The molecule has 1 N–H and O–H groups in total. The van der Waals surface area contributed by atoms with E-state index in [0.717, 1.165) is 4.68 Å². The first-order chi connectivity index (χ1) is 12.6. The SMILES string of the molecule is CCOC(=O)c1ccccc1NC(=O)Cn1nc(-c2cccs2)oc1=O. The van der Waals surface area contributed by atoms with Crippen LogP contribution in [0.4, 0.5) is 5.69 Å². The summed E-state index contributed by atoms with van der Waals surface area (Å²) >= 11 is 1.37. The second kappa shape index (κ2) is 7.79. The molecule has 0 saturated heterocycles. The Morgan fingerprint density at radius 2 is 2.08 bits per heavy atom. The van der Waals surface area contributed by atoms with Crippen molar-refractivity contribution in [2.75, 3.05) is 11.9 Å². The first kappa shape index (κ1) is 17.6. The van der Waals surface area contributed by atoms with Gasteiger partial charge >= 0.3 is 11.7 Å². The number of carbonyl (C=O) groups excluding carboxylic acids is 2. The van der Waals surface area contributed by atoms with E-state index in [2.05, 4.69) is 10.4 Å². The molecule has 0 bridgehead atoms. The summed E-state index contributed by atoms with van der Waals surface area (Å²) in [5.74, 6) is -1.64. The standard InChI is InChI=1S/C17H15N3O5S/c1-2-24-16(22)11-6-3-4-7-12(11)18-14(21)10-20-17(23)25-15(19-20)13-8-5-9-26-13/h3-9H,2,10H2,1H3,(H,18,21). The van der Waals surface area contributed by atoms with Crippen LogP contribution in [0.5, 0.6) is 0 Å². The molecule has 26 heavy (non-hydrogen) atoms. The van der Waals surface area contributed by atoms with Crippen LogP contribution in [-0.4, -0.2) is 28.3 Å². The van der Waals surface area contributed by atoms with Crippen LogP contribution < -0.4 is 11.1 Å². The largest absolute Gasteiger partial charge is 0.462 e. The fourth-order valence-electron chi connectivity index (χ4n) is 2.21. The predicted octanol–water partition coefficient (Wildman–Crippen LogP) is 2.38. The molecule has 0 atom stereocenters. The summed E-state index contributed by atoms with van der Waals surface area (Å²) in [5, 5.41) is 8.43. The molecule has 134 valence electrons. The van der Waals surface area contributed by atoms with Gasteiger partial charge < -0.3 is 14.5 Å². The molecule has 3 aromatic rings. The van der Waals surface area contributed by atoms with Crippen molar-refractivity contribution in [3.63, 3.8) is 0 Å². The van der Waals surface area contributed by atoms with Gasteiger partial charge in [-0.2, -0.15) is 4.68 Å². The molecule has 1 aromatic carbocycles. The predicted molar refractivity (Wildman–Crippen MR) is 95.1 cm³/mol. The number of amides is 1. The Kier molecular flexibility index (Phi) is 5.28. The highest BCUT2D eigenvalue weighted by atomic mass is 32.1. The average molecular weight is 373 g/mol. The van der Waals surface area contributed by atoms with Crippen LogP contribution in [0.1, 0.15) is 17.3 Å². The van der Waals surface area contributed by atoms with E-state index < -0.39 is 17.6 Å². The fraction of sp³-hybridized carbons (Fsp3) is 0.176. The van der Waals surface area contributed by atoms with Crippen molar-refractivity contribution in [3.8, 4) is 10.8 Å². The molecular formula is C17H15N3O5S. The lowest BCUT2D eigenvalue weighted by atomic mass is 10.2. The number of esters is 1. The van der Waals surface area contributed by atoms with Crippen LogP contribution in [0.25, 0.3) is 10.8 Å². The number of carbonyl (C=O) groups is 2. The van der Waals surface area contributed by atoms with E-state index in [-0.39, 0.29) is 24.6 Å². The molecule has 2 aromatic heterocycles. The van der Waals surface area contributed by atoms with Crippen LogP contribution in [-0.2, 0) is 16.1 Å². The summed E-state index contributed by atoms with van der Waals surface area (Å²) in [5.41, 5.74) is 0.528. The monoisotopic (exact) mass is 373 g/mol. The maximum absolute atomic E-state index is 12.3. The molecule has 2 heterocycles. The summed E-state index contributed by atoms with van der Waals surface area (Å²) in [6.45, 7) is 1.58. The van der Waals surface area contributed by atoms with Crippen LogP contribution in [0.15, 0.2) is 51.0 Å². The highest BCUT2D eigenvalue weighted by molar-refractivity contribution is 7.13. The number of aromatic nitrogens is 2. The minimum atomic E-state index is -0.734. The van der Waals surface area contributed by atoms with Gasteiger partial charge in [0.25, 0.3) is 5.89 Å². The number of anilines is 1. The highest BCUT2D eigenvalue weighted by Gasteiger charge is 2.17. The van der Waals surface area contributed by atoms with Crippen molar-refractivity contribution in [2.24, 2.45) is 0 Å². The van der Waals surface area contributed by atoms with E-state index >= 15 is 0 Å². The van der Waals surface area contributed by atoms with Gasteiger partial charge in [0.15, 0.2) is 0 Å². The second-order valence-electron chi connectivity index (χ2n) is 5.12. The van der Waals surface area contributed by atoms with E-state index in [0.29, 0.717) is 10.6 Å². The molecule has 3 rings (SSSR count). The Morgan fingerprint density at radius 3 is 2.81 bits per heavy atom. The summed E-state index contributed by atoms with van der Waals surface area (Å²) in [6.07, 6.45) is 0. The lowest BCUT2D eigenvalue weighted by molar-refractivity contribution is -0.117. The molecule has 0 saturated carbocycles. The molecule has 8 nitrogen and oxygen atoms in total. The lowest BCUT2D eigenvalue weighted by Crippen LogP contribution is -2.26. The summed E-state index contributed by atoms with van der Waals surface area (Å²) in [4.78, 5) is 36.8. The van der Waals surface area contributed by atoms with Crippen molar-refractivity contribution in [1.29, 1.82) is 0 Å². The van der Waals surface area contributed by atoms with Crippen molar-refractivity contribution in [3.05, 3.63) is 57.9 Å². The van der Waals surface area contributed by atoms with Gasteiger partial charge in [0, 0.05) is 0 Å². The number of thiophene rings is 1. The first-order valence-electron chi connectivity index (χ1n) is 7.76. The summed E-state index contributed by atoms with van der Waals surface area (Å²) in [6, 6.07) is 10.0. The Labute approximate surface area is 152 Å². The molecule has 0 aliphatic heterocycles. The van der Waals surface area contributed by atoms with Gasteiger partial charge in [0.2, 0.25) is 5.91 Å². The normalized spacial score (nSPS) is 10.5. The van der Waals surface area contributed by atoms with E-state index in [9.17, 15) is 14.4 Å². The third-order valence-corrected chi connectivity index (χ3v) is 4.19. The van der Waals surface area contributed by atoms with Crippen LogP contribution in [0.3, 0.4) is 0 Å². The minimum Gasteiger partial charge on any atom is -0.462 e. The molecule has 0 aliphatic rings. The van der Waals surface area contributed by atoms with E-state index in [1.807, 2.05) is 5.38 Å². The quantitative estimate of drug-likeness (QED) is 0.666. The average Bonchev–Trinajstić information content (AvgIpc) is 3.26. The number of rotatable bonds is 6. The lowest BCUT2D eigenvalue weighted by Gasteiger charge is -2.09. The molecule has 0 radical (unpaired) electrons. The van der Waals surface area contributed by atoms with Crippen LogP contribution in [0, 0.1) is 0 Å². The fourth-order valence-corrected chi connectivity index (χ4v) is 2.85. The van der Waals surface area contributed by atoms with E-state index in [1.165, 1.54) is 11.3 Å². The van der Waals surface area contributed by atoms with Gasteiger partial charge in [-0.05, 0) is 30.5 Å². The minimum absolute atomic E-state index is 0.157. The third kappa shape index (κ3) is 3.89. The zero-order valence-electron chi connectivity index (χ0n) is 13.8. The molecule has 0 spiro atoms. The third-order valence-electron chi connectivity index (χ3n) is 3.33. The second-order valence-corrected chi connectivity index (χ2v) is 6.07. The Bertz CT molecular complexity index is 974. The topological polar surface area (TPSA) is 103 Å². The van der Waals surface area contributed by atoms with Crippen molar-refractivity contribution in [2.45, 2.75) is 13.5 Å². The Balaban J connectivity index is 1.74. The molecule has 0 aliphatic carbocycles. The summed E-state index contributed by atoms with van der Waals surface area (Å²) < 4.78 is 10.9. The number of hydrogen-bond donors (Lipinski definition) is 1. The van der Waals surface area contributed by atoms with Crippen LogP contribution in [0.2, 0.25) is 0 Å². The number of para-hydroxylation sites is 1. The Hall–Kier alpha value is -3.20. The molecule has 0 fully saturated rings. The summed E-state index contributed by atoms with van der Waals surface area (Å²) in [7, 11) is 0. The van der Waals surface area contributed by atoms with Crippen molar-refractivity contribution < 1.29 is 18.7 Å². The highest BCUT2D eigenvalue weighted by Crippen LogP contribution is 2.21. The van der Waals surface area contributed by atoms with Gasteiger partial charge in [-0.25, -0.2) is 9.59 Å². The maximum atomic E-state index is 12.3. The van der Waals surface area contributed by atoms with Gasteiger partial charge in [-0.3, -0.25) is 4.79 Å². The smallest absolute Gasteiger partial charge is 0.437 e. The number of hydrogen-bond acceptors (Lipinski definition) is 7. The molecule has 0 unspecified atom stereocenters. The molecule has 9 heteroatoms. The van der Waals surface area contributed by atoms with Gasteiger partial charge in [0.1, 0.15) is 6.54 Å². The zero-order valence-corrected chi connectivity index (χ0v) is 14.6. The molecular weight excluding hydrogens is 358 g/mol. The Morgan fingerprint density at radius 1 is 1.27 bits per heavy atom. The van der Waals surface area contributed by atoms with Crippen molar-refractivity contribution in [1.82, 2.24) is 9.78 Å². The van der Waals surface area contributed by atoms with Gasteiger partial charge in [-0.1, -0.05) is 18.2 Å². The zero-order chi connectivity index (χ0) is 18.5.